The van der Waals surface area contributed by atoms with Gasteiger partial charge in [0.05, 0.1) is 5.56 Å². The number of likely N-dealkylation sites (tertiary alicyclic amines) is 1. The van der Waals surface area contributed by atoms with Gasteiger partial charge in [-0.25, -0.2) is 0 Å². The topological polar surface area (TPSA) is 33.2 Å². The number of nitrogens with zero attached hydrogens (tertiary/aromatic N) is 2. The number of piperidine rings is 1. The third kappa shape index (κ3) is 2.68. The predicted molar refractivity (Wildman–Crippen MR) is 70.9 cm³/mol. The number of hydrogen-bond donors (Lipinski definition) is 0. The molecule has 0 saturated carbocycles. The molecule has 2 rings (SSSR count). The van der Waals surface area contributed by atoms with Gasteiger partial charge in [0.2, 0.25) is 0 Å². The molecule has 1 aliphatic rings. The lowest BCUT2D eigenvalue weighted by Gasteiger charge is -2.39. The second-order valence-electron chi connectivity index (χ2n) is 4.73. The van der Waals surface area contributed by atoms with Gasteiger partial charge in [-0.2, -0.15) is 0 Å². The molecule has 2 heterocycles. The smallest absolute Gasteiger partial charge is 0.255 e. The quantitative estimate of drug-likeness (QED) is 0.797. The van der Waals surface area contributed by atoms with Crippen molar-refractivity contribution < 1.29 is 4.79 Å². The molecule has 1 fully saturated rings. The summed E-state index contributed by atoms with van der Waals surface area (Å²) < 4.78 is 0.848. The summed E-state index contributed by atoms with van der Waals surface area (Å²) >= 11 is 3.35. The van der Waals surface area contributed by atoms with Crippen LogP contribution in [0.15, 0.2) is 22.9 Å². The van der Waals surface area contributed by atoms with Gasteiger partial charge in [-0.15, -0.1) is 0 Å². The van der Waals surface area contributed by atoms with Crippen LogP contribution in [0.2, 0.25) is 0 Å². The van der Waals surface area contributed by atoms with Crippen molar-refractivity contribution in [1.29, 1.82) is 0 Å². The molecule has 0 bridgehead atoms. The molecule has 1 aromatic heterocycles. The van der Waals surface area contributed by atoms with Gasteiger partial charge in [0.25, 0.3) is 5.91 Å². The van der Waals surface area contributed by atoms with E-state index in [2.05, 4.69) is 34.8 Å². The van der Waals surface area contributed by atoms with Gasteiger partial charge in [-0.1, -0.05) is 0 Å². The van der Waals surface area contributed by atoms with Crippen LogP contribution in [0.4, 0.5) is 0 Å². The van der Waals surface area contributed by atoms with Crippen molar-refractivity contribution in [2.24, 2.45) is 0 Å². The van der Waals surface area contributed by atoms with Crippen molar-refractivity contribution in [3.63, 3.8) is 0 Å². The Morgan fingerprint density at radius 3 is 2.59 bits per heavy atom. The molecule has 2 atom stereocenters. The van der Waals surface area contributed by atoms with Crippen LogP contribution in [0.25, 0.3) is 0 Å². The Bertz CT molecular complexity index is 412. The first-order valence-corrected chi connectivity index (χ1v) is 6.82. The number of pyridine rings is 1. The number of aromatic nitrogens is 1. The second kappa shape index (κ2) is 5.17. The van der Waals surface area contributed by atoms with E-state index >= 15 is 0 Å². The van der Waals surface area contributed by atoms with E-state index in [-0.39, 0.29) is 5.91 Å². The van der Waals surface area contributed by atoms with E-state index in [0.717, 1.165) is 17.3 Å². The maximum Gasteiger partial charge on any atom is 0.255 e. The maximum atomic E-state index is 12.4. The van der Waals surface area contributed by atoms with E-state index in [1.165, 1.54) is 6.42 Å². The lowest BCUT2D eigenvalue weighted by atomic mass is 9.96. The first-order chi connectivity index (χ1) is 8.09. The van der Waals surface area contributed by atoms with Crippen molar-refractivity contribution in [2.75, 3.05) is 0 Å². The number of hydrogen-bond acceptors (Lipinski definition) is 2. The lowest BCUT2D eigenvalue weighted by molar-refractivity contribution is 0.0510. The van der Waals surface area contributed by atoms with Gasteiger partial charge in [0, 0.05) is 29.0 Å². The van der Waals surface area contributed by atoms with Gasteiger partial charge >= 0.3 is 0 Å². The molecule has 4 heteroatoms. The summed E-state index contributed by atoms with van der Waals surface area (Å²) in [4.78, 5) is 18.5. The van der Waals surface area contributed by atoms with Crippen LogP contribution in [-0.2, 0) is 0 Å². The summed E-state index contributed by atoms with van der Waals surface area (Å²) in [7, 11) is 0. The highest BCUT2D eigenvalue weighted by Crippen LogP contribution is 2.24. The first-order valence-electron chi connectivity index (χ1n) is 6.03. The minimum atomic E-state index is 0.0958. The first kappa shape index (κ1) is 12.6. The summed E-state index contributed by atoms with van der Waals surface area (Å²) in [6.45, 7) is 4.25. The zero-order valence-corrected chi connectivity index (χ0v) is 11.8. The molecular formula is C13H17BrN2O. The third-order valence-corrected chi connectivity index (χ3v) is 3.81. The Hall–Kier alpha value is -0.900. The van der Waals surface area contributed by atoms with Crippen LogP contribution in [0.1, 0.15) is 43.5 Å². The van der Waals surface area contributed by atoms with E-state index in [1.807, 2.05) is 11.0 Å². The lowest BCUT2D eigenvalue weighted by Crippen LogP contribution is -2.47. The molecule has 0 aromatic carbocycles. The SMILES string of the molecule is C[C@@H]1CCC[C@H](C)N1C(=O)c1cncc(Br)c1. The highest BCUT2D eigenvalue weighted by molar-refractivity contribution is 9.10. The number of amides is 1. The fraction of sp³-hybridized carbons (Fsp3) is 0.538. The van der Waals surface area contributed by atoms with Crippen molar-refractivity contribution >= 4 is 21.8 Å². The minimum Gasteiger partial charge on any atom is -0.333 e. The summed E-state index contributed by atoms with van der Waals surface area (Å²) in [5.41, 5.74) is 0.667. The fourth-order valence-corrected chi connectivity index (χ4v) is 2.86. The van der Waals surface area contributed by atoms with E-state index in [9.17, 15) is 4.79 Å². The zero-order valence-electron chi connectivity index (χ0n) is 10.2. The van der Waals surface area contributed by atoms with Crippen LogP contribution in [0.5, 0.6) is 0 Å². The fourth-order valence-electron chi connectivity index (χ4n) is 2.50. The van der Waals surface area contributed by atoms with Crippen LogP contribution in [0.3, 0.4) is 0 Å². The summed E-state index contributed by atoms with van der Waals surface area (Å²) in [6.07, 6.45) is 6.73. The monoisotopic (exact) mass is 296 g/mol. The van der Waals surface area contributed by atoms with E-state index < -0.39 is 0 Å². The second-order valence-corrected chi connectivity index (χ2v) is 5.65. The number of rotatable bonds is 1. The Balaban J connectivity index is 2.24. The van der Waals surface area contributed by atoms with E-state index in [0.29, 0.717) is 17.6 Å². The number of halogens is 1. The van der Waals surface area contributed by atoms with Crippen LogP contribution in [-0.4, -0.2) is 27.9 Å². The van der Waals surface area contributed by atoms with Gasteiger partial charge in [-0.3, -0.25) is 9.78 Å². The Morgan fingerprint density at radius 1 is 1.35 bits per heavy atom. The average Bonchev–Trinajstić information content (AvgIpc) is 2.28. The van der Waals surface area contributed by atoms with E-state index in [1.54, 1.807) is 12.4 Å². The van der Waals surface area contributed by atoms with Gasteiger partial charge in [-0.05, 0) is 55.1 Å². The molecule has 1 saturated heterocycles. The van der Waals surface area contributed by atoms with Crippen molar-refractivity contribution in [3.8, 4) is 0 Å². The molecule has 1 aromatic rings. The van der Waals surface area contributed by atoms with E-state index in [4.69, 9.17) is 0 Å². The Labute approximate surface area is 110 Å². The Kier molecular flexibility index (Phi) is 3.82. The summed E-state index contributed by atoms with van der Waals surface area (Å²) in [5.74, 6) is 0.0958. The van der Waals surface area contributed by atoms with Gasteiger partial charge < -0.3 is 4.90 Å². The molecule has 92 valence electrons. The average molecular weight is 297 g/mol. The zero-order chi connectivity index (χ0) is 12.4. The van der Waals surface area contributed by atoms with Crippen LogP contribution in [0, 0.1) is 0 Å². The summed E-state index contributed by atoms with van der Waals surface area (Å²) in [6, 6.07) is 2.49. The highest BCUT2D eigenvalue weighted by Gasteiger charge is 2.29. The minimum absolute atomic E-state index is 0.0958. The maximum absolute atomic E-state index is 12.4. The molecule has 0 aliphatic carbocycles. The molecule has 1 amide bonds. The van der Waals surface area contributed by atoms with Gasteiger partial charge in [0.1, 0.15) is 0 Å². The summed E-state index contributed by atoms with van der Waals surface area (Å²) in [5, 5.41) is 0. The molecular weight excluding hydrogens is 280 g/mol. The normalized spacial score (nSPS) is 24.8. The third-order valence-electron chi connectivity index (χ3n) is 3.38. The molecule has 0 spiro atoms. The van der Waals surface area contributed by atoms with Gasteiger partial charge in [0.15, 0.2) is 0 Å². The standard InChI is InChI=1S/C13H17BrN2O/c1-9-4-3-5-10(2)16(9)13(17)11-6-12(14)8-15-7-11/h6-10H,3-5H2,1-2H3/t9-,10+. The number of carbonyl (C=O) groups excluding carboxylic acids is 1. The molecule has 3 nitrogen and oxygen atoms in total. The van der Waals surface area contributed by atoms with Crippen molar-refractivity contribution in [3.05, 3.63) is 28.5 Å². The highest BCUT2D eigenvalue weighted by atomic mass is 79.9. The van der Waals surface area contributed by atoms with Crippen LogP contribution >= 0.6 is 15.9 Å². The number of carbonyl (C=O) groups is 1. The Morgan fingerprint density at radius 2 is 2.00 bits per heavy atom. The molecule has 0 N–H and O–H groups in total. The largest absolute Gasteiger partial charge is 0.333 e. The molecule has 17 heavy (non-hydrogen) atoms. The van der Waals surface area contributed by atoms with Crippen molar-refractivity contribution in [1.82, 2.24) is 9.88 Å². The molecule has 1 aliphatic heterocycles. The van der Waals surface area contributed by atoms with Crippen LogP contribution < -0.4 is 0 Å². The molecule has 0 radical (unpaired) electrons. The predicted octanol–water partition coefficient (Wildman–Crippen LogP) is 3.25. The van der Waals surface area contributed by atoms with Crippen molar-refractivity contribution in [2.45, 2.75) is 45.2 Å². The molecule has 0 unspecified atom stereocenters.